The number of thioether (sulfide) groups is 1. The quantitative estimate of drug-likeness (QED) is 0.710. The van der Waals surface area contributed by atoms with Gasteiger partial charge in [0.1, 0.15) is 0 Å². The molecule has 1 aliphatic rings. The van der Waals surface area contributed by atoms with E-state index < -0.39 is 0 Å². The van der Waals surface area contributed by atoms with Crippen molar-refractivity contribution in [1.82, 2.24) is 0 Å². The van der Waals surface area contributed by atoms with Gasteiger partial charge in [-0.25, -0.2) is 0 Å². The normalized spacial score (nSPS) is 14.4. The van der Waals surface area contributed by atoms with Crippen molar-refractivity contribution in [1.29, 1.82) is 0 Å². The number of aliphatic imine (C=N–C) groups is 1. The van der Waals surface area contributed by atoms with E-state index in [1.165, 1.54) is 16.2 Å². The Kier molecular flexibility index (Phi) is 4.70. The van der Waals surface area contributed by atoms with Gasteiger partial charge in [0, 0.05) is 35.6 Å². The van der Waals surface area contributed by atoms with Crippen LogP contribution in [0.4, 0.5) is 0 Å². The van der Waals surface area contributed by atoms with Gasteiger partial charge in [0.25, 0.3) is 0 Å². The molecule has 0 amide bonds. The van der Waals surface area contributed by atoms with E-state index in [-0.39, 0.29) is 0 Å². The third kappa shape index (κ3) is 2.59. The molecule has 0 radical (unpaired) electrons. The molecule has 1 N–H and O–H groups in total. The summed E-state index contributed by atoms with van der Waals surface area (Å²) in [6, 6.07) is 8.48. The lowest BCUT2D eigenvalue weighted by Crippen LogP contribution is -1.94. The minimum atomic E-state index is 0.950. The summed E-state index contributed by atoms with van der Waals surface area (Å²) < 4.78 is 0. The Bertz CT molecular complexity index is 323. The molecule has 2 rings (SSSR count). The van der Waals surface area contributed by atoms with Crippen LogP contribution in [0, 0.1) is 0 Å². The highest BCUT2D eigenvalue weighted by molar-refractivity contribution is 7.99. The summed E-state index contributed by atoms with van der Waals surface area (Å²) in [5.74, 6) is 1.11. The van der Waals surface area contributed by atoms with Crippen LogP contribution in [0.2, 0.25) is 0 Å². The van der Waals surface area contributed by atoms with E-state index in [9.17, 15) is 0 Å². The van der Waals surface area contributed by atoms with Gasteiger partial charge in [0.15, 0.2) is 0 Å². The van der Waals surface area contributed by atoms with Gasteiger partial charge in [-0.05, 0) is 13.0 Å². The van der Waals surface area contributed by atoms with Crippen molar-refractivity contribution in [2.75, 3.05) is 19.4 Å². The number of hydrogen-bond acceptors (Lipinski definition) is 3. The fraction of sp³-hybridized carbons (Fsp3) is 0.364. The highest BCUT2D eigenvalue weighted by Crippen LogP contribution is 2.25. The molecule has 1 aliphatic heterocycles. The maximum Gasteiger partial charge on any atom is 0.0486 e. The van der Waals surface area contributed by atoms with Gasteiger partial charge in [-0.15, -0.1) is 11.8 Å². The lowest BCUT2D eigenvalue weighted by Gasteiger charge is -2.03. The molecule has 1 heterocycles. The fourth-order valence-electron chi connectivity index (χ4n) is 1.35. The van der Waals surface area contributed by atoms with Crippen molar-refractivity contribution < 1.29 is 5.11 Å². The summed E-state index contributed by atoms with van der Waals surface area (Å²) in [6.45, 7) is 3.04. The zero-order chi connectivity index (χ0) is 10.4. The van der Waals surface area contributed by atoms with Crippen molar-refractivity contribution in [3.05, 3.63) is 29.8 Å². The Morgan fingerprint density at radius 2 is 2.00 bits per heavy atom. The van der Waals surface area contributed by atoms with Crippen molar-refractivity contribution in [2.45, 2.75) is 11.8 Å². The number of fused-ring (bicyclic) bond motifs is 1. The van der Waals surface area contributed by atoms with Crippen LogP contribution in [0.3, 0.4) is 0 Å². The molecule has 0 saturated heterocycles. The highest BCUT2D eigenvalue weighted by atomic mass is 32.2. The van der Waals surface area contributed by atoms with Crippen LogP contribution in [0.15, 0.2) is 34.2 Å². The smallest absolute Gasteiger partial charge is 0.0486 e. The van der Waals surface area contributed by atoms with E-state index in [2.05, 4.69) is 36.2 Å². The van der Waals surface area contributed by atoms with Crippen LogP contribution < -0.4 is 0 Å². The molecule has 3 heteroatoms. The Labute approximate surface area is 89.1 Å². The molecule has 0 saturated carbocycles. The molecule has 76 valence electrons. The minimum Gasteiger partial charge on any atom is -0.400 e. The molecule has 0 atom stereocenters. The van der Waals surface area contributed by atoms with E-state index in [4.69, 9.17) is 5.11 Å². The fourth-order valence-corrected chi connectivity index (χ4v) is 2.29. The summed E-state index contributed by atoms with van der Waals surface area (Å²) in [7, 11) is 1.00. The monoisotopic (exact) mass is 209 g/mol. The summed E-state index contributed by atoms with van der Waals surface area (Å²) >= 11 is 1.90. The van der Waals surface area contributed by atoms with Gasteiger partial charge in [-0.3, -0.25) is 4.99 Å². The zero-order valence-electron chi connectivity index (χ0n) is 8.53. The largest absolute Gasteiger partial charge is 0.400 e. The molecule has 0 unspecified atom stereocenters. The van der Waals surface area contributed by atoms with Gasteiger partial charge in [-0.1, -0.05) is 18.2 Å². The number of benzene rings is 1. The molecule has 0 aromatic heterocycles. The molecule has 0 spiro atoms. The van der Waals surface area contributed by atoms with Gasteiger partial charge in [0.2, 0.25) is 0 Å². The first-order chi connectivity index (χ1) is 6.88. The number of aliphatic hydroxyl groups is 1. The third-order valence-corrected chi connectivity index (χ3v) is 3.03. The van der Waals surface area contributed by atoms with Gasteiger partial charge in [0.05, 0.1) is 0 Å². The standard InChI is InChI=1S/C10H11NS.CH4O/c1-8-9-4-2-3-5-10(9)12-7-6-11-8;1-2/h2-5H,6-7H2,1H3;2H,1H3. The summed E-state index contributed by atoms with van der Waals surface area (Å²) in [5.41, 5.74) is 2.48. The predicted octanol–water partition coefficient (Wildman–Crippen LogP) is 2.21. The van der Waals surface area contributed by atoms with Gasteiger partial charge >= 0.3 is 0 Å². The van der Waals surface area contributed by atoms with Crippen molar-refractivity contribution in [3.8, 4) is 0 Å². The average Bonchev–Trinajstić information content (AvgIpc) is 2.45. The average molecular weight is 209 g/mol. The lowest BCUT2D eigenvalue weighted by atomic mass is 10.1. The maximum absolute atomic E-state index is 7.00. The number of rotatable bonds is 0. The Morgan fingerprint density at radius 1 is 1.29 bits per heavy atom. The van der Waals surface area contributed by atoms with Crippen LogP contribution in [-0.4, -0.2) is 30.2 Å². The van der Waals surface area contributed by atoms with Crippen molar-refractivity contribution >= 4 is 17.5 Å². The first-order valence-electron chi connectivity index (χ1n) is 4.56. The number of hydrogen-bond donors (Lipinski definition) is 1. The predicted molar refractivity (Wildman–Crippen MR) is 62.4 cm³/mol. The van der Waals surface area contributed by atoms with Crippen molar-refractivity contribution in [2.24, 2.45) is 4.99 Å². The number of aliphatic hydroxyl groups excluding tert-OH is 1. The Balaban J connectivity index is 0.000000461. The molecule has 0 aliphatic carbocycles. The summed E-state index contributed by atoms with van der Waals surface area (Å²) in [4.78, 5) is 5.83. The first-order valence-corrected chi connectivity index (χ1v) is 5.54. The molecular weight excluding hydrogens is 194 g/mol. The van der Waals surface area contributed by atoms with Crippen LogP contribution in [-0.2, 0) is 0 Å². The van der Waals surface area contributed by atoms with Crippen LogP contribution >= 0.6 is 11.8 Å². The van der Waals surface area contributed by atoms with E-state index in [1.807, 2.05) is 11.8 Å². The molecule has 0 bridgehead atoms. The topological polar surface area (TPSA) is 32.6 Å². The van der Waals surface area contributed by atoms with Crippen LogP contribution in [0.1, 0.15) is 12.5 Å². The van der Waals surface area contributed by atoms with Crippen LogP contribution in [0.5, 0.6) is 0 Å². The summed E-state index contributed by atoms with van der Waals surface area (Å²) in [5, 5.41) is 7.00. The molecule has 1 aromatic rings. The molecule has 2 nitrogen and oxygen atoms in total. The van der Waals surface area contributed by atoms with E-state index in [0.29, 0.717) is 0 Å². The van der Waals surface area contributed by atoms with E-state index >= 15 is 0 Å². The SMILES string of the molecule is CC1=NCCSc2ccccc21.CO. The molecule has 14 heavy (non-hydrogen) atoms. The molecular formula is C11H15NOS. The second-order valence-corrected chi connectivity index (χ2v) is 3.95. The second-order valence-electron chi connectivity index (χ2n) is 2.81. The molecule has 1 aromatic carbocycles. The van der Waals surface area contributed by atoms with Crippen molar-refractivity contribution in [3.63, 3.8) is 0 Å². The highest BCUT2D eigenvalue weighted by Gasteiger charge is 2.07. The van der Waals surface area contributed by atoms with Gasteiger partial charge in [-0.2, -0.15) is 0 Å². The first kappa shape index (κ1) is 11.3. The zero-order valence-corrected chi connectivity index (χ0v) is 9.34. The third-order valence-electron chi connectivity index (χ3n) is 1.97. The lowest BCUT2D eigenvalue weighted by molar-refractivity contribution is 0.399. The molecule has 0 fully saturated rings. The number of nitrogens with zero attached hydrogens (tertiary/aromatic N) is 1. The Morgan fingerprint density at radius 3 is 2.79 bits per heavy atom. The van der Waals surface area contributed by atoms with Crippen LogP contribution in [0.25, 0.3) is 0 Å². The minimum absolute atomic E-state index is 0.950. The second kappa shape index (κ2) is 5.83. The maximum atomic E-state index is 7.00. The van der Waals surface area contributed by atoms with Gasteiger partial charge < -0.3 is 5.11 Å². The van der Waals surface area contributed by atoms with E-state index in [0.717, 1.165) is 19.4 Å². The Hall–Kier alpha value is -0.800. The van der Waals surface area contributed by atoms with E-state index in [1.54, 1.807) is 0 Å². The summed E-state index contributed by atoms with van der Waals surface area (Å²) in [6.07, 6.45) is 0.